The summed E-state index contributed by atoms with van der Waals surface area (Å²) in [6.45, 7) is 1.82. The average molecular weight is 342 g/mol. The topological polar surface area (TPSA) is 30.7 Å². The van der Waals surface area contributed by atoms with Gasteiger partial charge < -0.3 is 4.57 Å². The smallest absolute Gasteiger partial charge is 0.250 e. The lowest BCUT2D eigenvalue weighted by molar-refractivity contribution is -0.116. The first-order chi connectivity index (χ1) is 9.34. The number of rotatable bonds is 2. The predicted molar refractivity (Wildman–Crippen MR) is 74.8 cm³/mol. The summed E-state index contributed by atoms with van der Waals surface area (Å²) >= 11 is 3.40. The van der Waals surface area contributed by atoms with Crippen LogP contribution >= 0.6 is 15.9 Å². The van der Waals surface area contributed by atoms with Crippen molar-refractivity contribution in [2.75, 3.05) is 0 Å². The molecule has 0 spiro atoms. The van der Waals surface area contributed by atoms with Crippen LogP contribution in [0.25, 0.3) is 0 Å². The Morgan fingerprint density at radius 3 is 2.45 bits per heavy atom. The highest BCUT2D eigenvalue weighted by Crippen LogP contribution is 2.56. The molecule has 0 amide bonds. The van der Waals surface area contributed by atoms with Gasteiger partial charge in [-0.1, -0.05) is 28.1 Å². The van der Waals surface area contributed by atoms with Crippen molar-refractivity contribution in [3.8, 4) is 0 Å². The number of benzene rings is 1. The van der Waals surface area contributed by atoms with Gasteiger partial charge in [0.2, 0.25) is 0 Å². The molecule has 0 saturated heterocycles. The maximum Gasteiger partial charge on any atom is 0.250 e. The normalized spacial score (nSPS) is 19.6. The van der Waals surface area contributed by atoms with Crippen molar-refractivity contribution in [3.05, 3.63) is 46.0 Å². The van der Waals surface area contributed by atoms with Gasteiger partial charge in [-0.25, -0.2) is 8.78 Å². The van der Waals surface area contributed by atoms with E-state index in [1.54, 1.807) is 4.57 Å². The molecule has 2 aromatic rings. The first-order valence-corrected chi connectivity index (χ1v) is 7.14. The van der Waals surface area contributed by atoms with Gasteiger partial charge in [0, 0.05) is 24.4 Å². The minimum absolute atomic E-state index is 0.220. The highest BCUT2D eigenvalue weighted by molar-refractivity contribution is 9.10. The van der Waals surface area contributed by atoms with E-state index >= 15 is 0 Å². The summed E-state index contributed by atoms with van der Waals surface area (Å²) in [6.07, 6.45) is -0.440. The summed E-state index contributed by atoms with van der Waals surface area (Å²) in [5, 5.41) is 8.16. The summed E-state index contributed by atoms with van der Waals surface area (Å²) in [7, 11) is 1.82. The van der Waals surface area contributed by atoms with E-state index in [2.05, 4.69) is 26.1 Å². The second kappa shape index (κ2) is 4.35. The fourth-order valence-electron chi connectivity index (χ4n) is 2.93. The summed E-state index contributed by atoms with van der Waals surface area (Å²) in [5.74, 6) is -1.30. The molecule has 0 bridgehead atoms. The van der Waals surface area contributed by atoms with Crippen LogP contribution < -0.4 is 0 Å². The van der Waals surface area contributed by atoms with Crippen LogP contribution in [-0.2, 0) is 12.5 Å². The average Bonchev–Trinajstić information content (AvgIpc) is 2.67. The second-order valence-electron chi connectivity index (χ2n) is 5.43. The Kier molecular flexibility index (Phi) is 2.97. The molecular weight excluding hydrogens is 328 g/mol. The molecular formula is C14H14BrF2N3. The van der Waals surface area contributed by atoms with Crippen molar-refractivity contribution in [2.45, 2.75) is 31.1 Å². The molecule has 1 aromatic carbocycles. The number of hydrogen-bond acceptors (Lipinski definition) is 2. The molecule has 1 saturated carbocycles. The molecule has 1 aliphatic rings. The van der Waals surface area contributed by atoms with Crippen LogP contribution in [0.4, 0.5) is 8.78 Å². The van der Waals surface area contributed by atoms with Gasteiger partial charge in [-0.3, -0.25) is 0 Å². The van der Waals surface area contributed by atoms with E-state index in [1.807, 2.05) is 38.2 Å². The quantitative estimate of drug-likeness (QED) is 0.835. The zero-order valence-electron chi connectivity index (χ0n) is 11.2. The van der Waals surface area contributed by atoms with Crippen molar-refractivity contribution in [2.24, 2.45) is 7.05 Å². The maximum absolute atomic E-state index is 13.6. The molecule has 106 valence electrons. The lowest BCUT2D eigenvalue weighted by Gasteiger charge is -2.46. The van der Waals surface area contributed by atoms with Crippen LogP contribution in [0.3, 0.4) is 0 Å². The van der Waals surface area contributed by atoms with E-state index in [0.717, 1.165) is 15.9 Å². The fourth-order valence-corrected chi connectivity index (χ4v) is 3.33. The van der Waals surface area contributed by atoms with Crippen molar-refractivity contribution >= 4 is 15.9 Å². The zero-order chi connectivity index (χ0) is 14.5. The molecule has 0 aliphatic heterocycles. The van der Waals surface area contributed by atoms with Crippen LogP contribution in [0, 0.1) is 6.92 Å². The van der Waals surface area contributed by atoms with Crippen molar-refractivity contribution < 1.29 is 8.78 Å². The molecule has 3 rings (SSSR count). The number of aryl methyl sites for hydroxylation is 1. The van der Waals surface area contributed by atoms with Crippen LogP contribution in [0.2, 0.25) is 0 Å². The summed E-state index contributed by atoms with van der Waals surface area (Å²) in [5.41, 5.74) is 0.108. The van der Waals surface area contributed by atoms with E-state index in [1.165, 1.54) is 0 Å². The molecule has 0 unspecified atom stereocenters. The Morgan fingerprint density at radius 2 is 1.95 bits per heavy atom. The van der Waals surface area contributed by atoms with E-state index < -0.39 is 11.3 Å². The van der Waals surface area contributed by atoms with Gasteiger partial charge in [0.15, 0.2) is 0 Å². The third kappa shape index (κ3) is 1.97. The van der Waals surface area contributed by atoms with Gasteiger partial charge in [0.25, 0.3) is 5.92 Å². The Labute approximate surface area is 124 Å². The molecule has 1 fully saturated rings. The number of alkyl halides is 2. The van der Waals surface area contributed by atoms with E-state index in [0.29, 0.717) is 5.82 Å². The minimum Gasteiger partial charge on any atom is -0.318 e. The van der Waals surface area contributed by atoms with E-state index in [4.69, 9.17) is 0 Å². The van der Waals surface area contributed by atoms with Crippen molar-refractivity contribution in [1.82, 2.24) is 14.8 Å². The Bertz CT molecular complexity index is 658. The summed E-state index contributed by atoms with van der Waals surface area (Å²) in [4.78, 5) is 0. The molecule has 0 atom stereocenters. The summed E-state index contributed by atoms with van der Waals surface area (Å²) < 4.78 is 29.8. The number of aromatic nitrogens is 3. The SMILES string of the molecule is Cc1nnc(C2(c3cccc(Br)c3)CC(F)(F)C2)n1C. The number of nitrogens with zero attached hydrogens (tertiary/aromatic N) is 3. The lowest BCUT2D eigenvalue weighted by Crippen LogP contribution is -2.51. The molecule has 1 aliphatic carbocycles. The van der Waals surface area contributed by atoms with Gasteiger partial charge >= 0.3 is 0 Å². The molecule has 0 N–H and O–H groups in total. The molecule has 3 nitrogen and oxygen atoms in total. The second-order valence-corrected chi connectivity index (χ2v) is 6.35. The molecule has 1 heterocycles. The highest BCUT2D eigenvalue weighted by Gasteiger charge is 2.60. The Hall–Kier alpha value is -1.30. The molecule has 20 heavy (non-hydrogen) atoms. The minimum atomic E-state index is -2.64. The van der Waals surface area contributed by atoms with E-state index in [9.17, 15) is 8.78 Å². The van der Waals surface area contributed by atoms with Crippen molar-refractivity contribution in [1.29, 1.82) is 0 Å². The van der Waals surface area contributed by atoms with Gasteiger partial charge in [-0.05, 0) is 24.6 Å². The van der Waals surface area contributed by atoms with E-state index in [-0.39, 0.29) is 12.8 Å². The fraction of sp³-hybridized carbons (Fsp3) is 0.429. The third-order valence-electron chi connectivity index (χ3n) is 4.02. The third-order valence-corrected chi connectivity index (χ3v) is 4.51. The first kappa shape index (κ1) is 13.7. The summed E-state index contributed by atoms with van der Waals surface area (Å²) in [6, 6.07) is 7.51. The maximum atomic E-state index is 13.6. The zero-order valence-corrected chi connectivity index (χ0v) is 12.8. The van der Waals surface area contributed by atoms with Gasteiger partial charge in [-0.2, -0.15) is 0 Å². The van der Waals surface area contributed by atoms with Crippen molar-refractivity contribution in [3.63, 3.8) is 0 Å². The molecule has 0 radical (unpaired) electrons. The predicted octanol–water partition coefficient (Wildman–Crippen LogP) is 3.60. The molecule has 6 heteroatoms. The monoisotopic (exact) mass is 341 g/mol. The van der Waals surface area contributed by atoms with Crippen LogP contribution in [0.5, 0.6) is 0 Å². The number of halogens is 3. The number of hydrogen-bond donors (Lipinski definition) is 0. The van der Waals surface area contributed by atoms with Gasteiger partial charge in [0.05, 0.1) is 5.41 Å². The highest BCUT2D eigenvalue weighted by atomic mass is 79.9. The van der Waals surface area contributed by atoms with Crippen LogP contribution in [0.1, 0.15) is 30.1 Å². The van der Waals surface area contributed by atoms with Crippen LogP contribution in [-0.4, -0.2) is 20.7 Å². The standard InChI is InChI=1S/C14H14BrF2N3/c1-9-18-19-12(20(9)2)13(7-14(16,17)8-13)10-4-3-5-11(15)6-10/h3-6H,7-8H2,1-2H3. The van der Waals surface area contributed by atoms with Crippen LogP contribution in [0.15, 0.2) is 28.7 Å². The van der Waals surface area contributed by atoms with Gasteiger partial charge in [0.1, 0.15) is 11.6 Å². The Balaban J connectivity index is 2.14. The molecule has 1 aromatic heterocycles. The lowest BCUT2D eigenvalue weighted by atomic mass is 9.61. The largest absolute Gasteiger partial charge is 0.318 e. The van der Waals surface area contributed by atoms with Gasteiger partial charge in [-0.15, -0.1) is 10.2 Å². The Morgan fingerprint density at radius 1 is 1.25 bits per heavy atom. The first-order valence-electron chi connectivity index (χ1n) is 6.34.